The Balaban J connectivity index is 2.56. The van der Waals surface area contributed by atoms with Crippen molar-refractivity contribution < 1.29 is 14.6 Å². The molecule has 22 heavy (non-hydrogen) atoms. The number of nitrogens with zero attached hydrogens (tertiary/aromatic N) is 2. The van der Waals surface area contributed by atoms with Crippen LogP contribution < -0.4 is 4.90 Å². The predicted molar refractivity (Wildman–Crippen MR) is 86.9 cm³/mol. The number of carbonyl (C=O) groups is 1. The summed E-state index contributed by atoms with van der Waals surface area (Å²) in [6, 6.07) is 5.63. The molecule has 118 valence electrons. The summed E-state index contributed by atoms with van der Waals surface area (Å²) in [5.41, 5.74) is 0.426. The van der Waals surface area contributed by atoms with Crippen LogP contribution in [0.4, 0.5) is 10.5 Å². The minimum atomic E-state index is -0.627. The van der Waals surface area contributed by atoms with Crippen LogP contribution in [0.3, 0.4) is 0 Å². The molecule has 0 radical (unpaired) electrons. The van der Waals surface area contributed by atoms with E-state index in [4.69, 9.17) is 4.74 Å². The minimum absolute atomic E-state index is 0.124. The number of halogens is 1. The van der Waals surface area contributed by atoms with E-state index in [-0.39, 0.29) is 13.2 Å². The molecule has 0 bridgehead atoms. The van der Waals surface area contributed by atoms with Crippen molar-refractivity contribution in [1.29, 1.82) is 5.26 Å². The number of amides is 1. The predicted octanol–water partition coefficient (Wildman–Crippen LogP) is 3.33. The summed E-state index contributed by atoms with van der Waals surface area (Å²) in [6.07, 6.45) is -0.509. The van der Waals surface area contributed by atoms with Crippen molar-refractivity contribution in [2.75, 3.05) is 18.1 Å². The van der Waals surface area contributed by atoms with Crippen LogP contribution in [0.2, 0.25) is 0 Å². The fourth-order valence-corrected chi connectivity index (χ4v) is 3.01. The van der Waals surface area contributed by atoms with E-state index in [2.05, 4.69) is 22.0 Å². The quantitative estimate of drug-likeness (QED) is 0.826. The van der Waals surface area contributed by atoms with E-state index < -0.39 is 17.1 Å². The number of carbonyl (C=O) groups excluding carboxylic acids is 1. The monoisotopic (exact) mass is 366 g/mol. The molecule has 1 amide bonds. The normalized spacial score (nSPS) is 20.5. The molecule has 0 aromatic heterocycles. The number of aliphatic hydroxyl groups excluding tert-OH is 1. The van der Waals surface area contributed by atoms with Gasteiger partial charge in [-0.15, -0.1) is 0 Å². The van der Waals surface area contributed by atoms with Gasteiger partial charge in [0.05, 0.1) is 17.9 Å². The molecule has 1 atom stereocenters. The molecule has 1 heterocycles. The topological polar surface area (TPSA) is 73.6 Å². The van der Waals surface area contributed by atoms with Gasteiger partial charge in [0.2, 0.25) is 0 Å². The highest BCUT2D eigenvalue weighted by Crippen LogP contribution is 2.44. The first-order valence-corrected chi connectivity index (χ1v) is 7.76. The van der Waals surface area contributed by atoms with E-state index >= 15 is 0 Å². The molecule has 5 nitrogen and oxygen atoms in total. The van der Waals surface area contributed by atoms with Gasteiger partial charge in [-0.3, -0.25) is 4.90 Å². The van der Waals surface area contributed by atoms with Crippen LogP contribution in [0.15, 0.2) is 16.6 Å². The maximum Gasteiger partial charge on any atom is 0.414 e. The molecule has 1 aliphatic rings. The van der Waals surface area contributed by atoms with Crippen molar-refractivity contribution in [3.8, 4) is 6.07 Å². The fourth-order valence-electron chi connectivity index (χ4n) is 2.56. The number of aliphatic hydroxyl groups is 1. The summed E-state index contributed by atoms with van der Waals surface area (Å²) in [5.74, 6) is 0. The Morgan fingerprint density at radius 3 is 2.68 bits per heavy atom. The number of rotatable bonds is 1. The first-order valence-electron chi connectivity index (χ1n) is 6.97. The lowest BCUT2D eigenvalue weighted by Crippen LogP contribution is -2.40. The van der Waals surface area contributed by atoms with E-state index in [1.54, 1.807) is 26.8 Å². The van der Waals surface area contributed by atoms with Gasteiger partial charge in [-0.2, -0.15) is 5.26 Å². The summed E-state index contributed by atoms with van der Waals surface area (Å²) in [5, 5.41) is 19.2. The SMILES string of the molecule is CC(C)(C)OC(=O)N1C[C@@](C)(CO)c2cc(Br)cc(C#N)c21. The number of benzene rings is 1. The number of anilines is 1. The highest BCUT2D eigenvalue weighted by atomic mass is 79.9. The second-order valence-electron chi connectivity index (χ2n) is 6.75. The molecule has 0 spiro atoms. The molecule has 0 aliphatic carbocycles. The van der Waals surface area contributed by atoms with Gasteiger partial charge in [0.25, 0.3) is 0 Å². The Kier molecular flexibility index (Phi) is 4.24. The van der Waals surface area contributed by atoms with Crippen molar-refractivity contribution in [3.05, 3.63) is 27.7 Å². The standard InChI is InChI=1S/C16H19BrN2O3/c1-15(2,3)22-14(21)19-8-16(4,9-20)12-6-11(17)5-10(7-18)13(12)19/h5-6,20H,8-9H2,1-4H3/t16-/m0/s1. The van der Waals surface area contributed by atoms with Crippen LogP contribution in [0.1, 0.15) is 38.8 Å². The summed E-state index contributed by atoms with van der Waals surface area (Å²) < 4.78 is 6.17. The van der Waals surface area contributed by atoms with Crippen LogP contribution in [0.25, 0.3) is 0 Å². The highest BCUT2D eigenvalue weighted by Gasteiger charge is 2.44. The van der Waals surface area contributed by atoms with Crippen LogP contribution >= 0.6 is 15.9 Å². The molecule has 0 unspecified atom stereocenters. The maximum atomic E-state index is 12.5. The van der Waals surface area contributed by atoms with E-state index in [0.717, 1.165) is 10.0 Å². The van der Waals surface area contributed by atoms with Crippen LogP contribution in [-0.4, -0.2) is 30.0 Å². The number of ether oxygens (including phenoxy) is 1. The third-order valence-corrected chi connectivity index (χ3v) is 4.04. The van der Waals surface area contributed by atoms with Gasteiger partial charge in [-0.25, -0.2) is 4.79 Å². The van der Waals surface area contributed by atoms with E-state index in [1.807, 2.05) is 13.0 Å². The summed E-state index contributed by atoms with van der Waals surface area (Å²) in [4.78, 5) is 13.9. The zero-order valence-electron chi connectivity index (χ0n) is 13.1. The first-order chi connectivity index (χ1) is 10.1. The molecule has 0 fully saturated rings. The average Bonchev–Trinajstić information content (AvgIpc) is 2.71. The van der Waals surface area contributed by atoms with Crippen molar-refractivity contribution in [2.24, 2.45) is 0 Å². The summed E-state index contributed by atoms with van der Waals surface area (Å²) in [6.45, 7) is 7.39. The van der Waals surface area contributed by atoms with Crippen molar-refractivity contribution >= 4 is 27.7 Å². The fraction of sp³-hybridized carbons (Fsp3) is 0.500. The van der Waals surface area contributed by atoms with Gasteiger partial charge in [-0.1, -0.05) is 22.9 Å². The molecular weight excluding hydrogens is 348 g/mol. The molecule has 6 heteroatoms. The number of hydrogen-bond donors (Lipinski definition) is 1. The molecule has 1 aromatic rings. The zero-order chi connectivity index (χ0) is 16.7. The molecule has 1 aliphatic heterocycles. The van der Waals surface area contributed by atoms with E-state index in [1.165, 1.54) is 4.90 Å². The van der Waals surface area contributed by atoms with Crippen LogP contribution in [0, 0.1) is 11.3 Å². The van der Waals surface area contributed by atoms with Gasteiger partial charge in [0.15, 0.2) is 0 Å². The Labute approximate surface area is 138 Å². The second-order valence-corrected chi connectivity index (χ2v) is 7.66. The molecular formula is C16H19BrN2O3. The van der Waals surface area contributed by atoms with Gasteiger partial charge in [-0.05, 0) is 38.5 Å². The van der Waals surface area contributed by atoms with Gasteiger partial charge in [0, 0.05) is 16.4 Å². The minimum Gasteiger partial charge on any atom is -0.443 e. The Morgan fingerprint density at radius 2 is 2.18 bits per heavy atom. The third kappa shape index (κ3) is 2.96. The molecule has 0 saturated carbocycles. The molecule has 1 N–H and O–H groups in total. The smallest absolute Gasteiger partial charge is 0.414 e. The lowest BCUT2D eigenvalue weighted by molar-refractivity contribution is 0.0575. The molecule has 0 saturated heterocycles. The Hall–Kier alpha value is -1.58. The Morgan fingerprint density at radius 1 is 1.55 bits per heavy atom. The van der Waals surface area contributed by atoms with Gasteiger partial charge in [0.1, 0.15) is 11.7 Å². The highest BCUT2D eigenvalue weighted by molar-refractivity contribution is 9.10. The second kappa shape index (κ2) is 5.56. The first kappa shape index (κ1) is 16.8. The Bertz CT molecular complexity index is 661. The average molecular weight is 367 g/mol. The molecule has 2 rings (SSSR count). The molecule has 1 aromatic carbocycles. The number of nitriles is 1. The van der Waals surface area contributed by atoms with Gasteiger partial charge < -0.3 is 9.84 Å². The maximum absolute atomic E-state index is 12.5. The van der Waals surface area contributed by atoms with Crippen molar-refractivity contribution in [3.63, 3.8) is 0 Å². The summed E-state index contributed by atoms with van der Waals surface area (Å²) in [7, 11) is 0. The number of fused-ring (bicyclic) bond motifs is 1. The largest absolute Gasteiger partial charge is 0.443 e. The van der Waals surface area contributed by atoms with Crippen LogP contribution in [0.5, 0.6) is 0 Å². The van der Waals surface area contributed by atoms with E-state index in [0.29, 0.717) is 11.3 Å². The van der Waals surface area contributed by atoms with Crippen molar-refractivity contribution in [1.82, 2.24) is 0 Å². The number of hydrogen-bond acceptors (Lipinski definition) is 4. The lowest BCUT2D eigenvalue weighted by atomic mass is 9.85. The summed E-state index contributed by atoms with van der Waals surface area (Å²) >= 11 is 3.38. The van der Waals surface area contributed by atoms with Crippen LogP contribution in [-0.2, 0) is 10.2 Å². The lowest BCUT2D eigenvalue weighted by Gasteiger charge is -2.26. The zero-order valence-corrected chi connectivity index (χ0v) is 14.7. The van der Waals surface area contributed by atoms with E-state index in [9.17, 15) is 15.2 Å². The van der Waals surface area contributed by atoms with Crippen molar-refractivity contribution in [2.45, 2.75) is 38.7 Å². The third-order valence-electron chi connectivity index (χ3n) is 3.59. The van der Waals surface area contributed by atoms with Gasteiger partial charge >= 0.3 is 6.09 Å².